The van der Waals surface area contributed by atoms with Crippen LogP contribution in [-0.4, -0.2) is 15.0 Å². The van der Waals surface area contributed by atoms with E-state index in [2.05, 4.69) is 29.5 Å². The van der Waals surface area contributed by atoms with Crippen molar-refractivity contribution in [2.45, 2.75) is 21.0 Å². The lowest BCUT2D eigenvalue weighted by atomic mass is 10.1. The van der Waals surface area contributed by atoms with Crippen molar-refractivity contribution < 1.29 is 4.79 Å². The van der Waals surface area contributed by atoms with Crippen LogP contribution in [0.25, 0.3) is 0 Å². The van der Waals surface area contributed by atoms with E-state index in [0.29, 0.717) is 5.25 Å². The highest BCUT2D eigenvalue weighted by Crippen LogP contribution is 2.37. The predicted molar refractivity (Wildman–Crippen MR) is 63.9 cm³/mol. The predicted octanol–water partition coefficient (Wildman–Crippen LogP) is 3.17. The molecule has 0 saturated carbocycles. The third-order valence-electron chi connectivity index (χ3n) is 2.13. The number of fused-ring (bicyclic) bond motifs is 1. The highest BCUT2D eigenvalue weighted by Gasteiger charge is 2.30. The molecule has 1 aromatic carbocycles. The van der Waals surface area contributed by atoms with Gasteiger partial charge in [0, 0.05) is 15.7 Å². The number of ketones is 1. The lowest BCUT2D eigenvalue weighted by Crippen LogP contribution is -2.28. The maximum Gasteiger partial charge on any atom is 0.177 e. The molecule has 1 aliphatic rings. The van der Waals surface area contributed by atoms with Crippen LogP contribution >= 0.6 is 34.4 Å². The Labute approximate surface area is 95.4 Å². The van der Waals surface area contributed by atoms with E-state index in [4.69, 9.17) is 0 Å². The fourth-order valence-corrected chi connectivity index (χ4v) is 3.27. The Balaban J connectivity index is 2.49. The zero-order valence-electron chi connectivity index (χ0n) is 7.16. The van der Waals surface area contributed by atoms with Gasteiger partial charge in [-0.25, -0.2) is 0 Å². The maximum absolute atomic E-state index is 11.8. The fourth-order valence-electron chi connectivity index (χ4n) is 1.39. The summed E-state index contributed by atoms with van der Waals surface area (Å²) in [6.45, 7) is 2.11. The number of halogens is 1. The summed E-state index contributed by atoms with van der Waals surface area (Å²) in [5.74, 6) is 0.280. The Bertz CT molecular complexity index is 351. The first-order valence-corrected chi connectivity index (χ1v) is 6.26. The van der Waals surface area contributed by atoms with Crippen LogP contribution in [0.2, 0.25) is 0 Å². The Morgan fingerprint density at radius 1 is 1.38 bits per heavy atom. The molecule has 3 heteroatoms. The average molecular weight is 304 g/mol. The van der Waals surface area contributed by atoms with Gasteiger partial charge in [-0.1, -0.05) is 47.7 Å². The Morgan fingerprint density at radius 2 is 2.08 bits per heavy atom. The monoisotopic (exact) mass is 304 g/mol. The molecule has 2 rings (SSSR count). The largest absolute Gasteiger partial charge is 0.293 e. The molecule has 0 aromatic heterocycles. The zero-order valence-corrected chi connectivity index (χ0v) is 10.1. The Kier molecular flexibility index (Phi) is 2.65. The summed E-state index contributed by atoms with van der Waals surface area (Å²) in [5, 5.41) is 0.392. The lowest BCUT2D eigenvalue weighted by Gasteiger charge is -2.24. The highest BCUT2D eigenvalue weighted by molar-refractivity contribution is 14.1. The minimum Gasteiger partial charge on any atom is -0.293 e. The van der Waals surface area contributed by atoms with Crippen LogP contribution in [0.3, 0.4) is 0 Å². The number of thioether (sulfide) groups is 1. The van der Waals surface area contributed by atoms with Crippen LogP contribution in [0.15, 0.2) is 29.2 Å². The van der Waals surface area contributed by atoms with Gasteiger partial charge in [-0.2, -0.15) is 0 Å². The van der Waals surface area contributed by atoms with Crippen molar-refractivity contribution in [1.29, 1.82) is 0 Å². The van der Waals surface area contributed by atoms with Crippen molar-refractivity contribution in [3.63, 3.8) is 0 Å². The van der Waals surface area contributed by atoms with E-state index in [0.717, 1.165) is 10.5 Å². The second-order valence-corrected chi connectivity index (χ2v) is 5.85. The first-order valence-electron chi connectivity index (χ1n) is 4.14. The molecular formula is C10H9IOS. The van der Waals surface area contributed by atoms with Crippen molar-refractivity contribution in [2.24, 2.45) is 0 Å². The number of alkyl halides is 1. The molecule has 0 spiro atoms. The van der Waals surface area contributed by atoms with Crippen molar-refractivity contribution in [2.75, 3.05) is 0 Å². The van der Waals surface area contributed by atoms with E-state index in [1.54, 1.807) is 11.8 Å². The summed E-state index contributed by atoms with van der Waals surface area (Å²) in [5.41, 5.74) is 0.894. The molecule has 0 fully saturated rings. The summed E-state index contributed by atoms with van der Waals surface area (Å²) >= 11 is 4.03. The number of Topliss-reactive ketones (excluding diaryl/α,β-unsaturated/α-hetero) is 1. The van der Waals surface area contributed by atoms with Crippen molar-refractivity contribution in [1.82, 2.24) is 0 Å². The standard InChI is InChI=1S/C10H9IOS/c1-6-9(11)10(12)7-4-2-3-5-8(7)13-6/h2-6,9H,1H3. The molecular weight excluding hydrogens is 295 g/mol. The quantitative estimate of drug-likeness (QED) is 0.541. The topological polar surface area (TPSA) is 17.1 Å². The molecule has 1 heterocycles. The minimum absolute atomic E-state index is 0.123. The Morgan fingerprint density at radius 3 is 2.85 bits per heavy atom. The van der Waals surface area contributed by atoms with E-state index < -0.39 is 0 Å². The van der Waals surface area contributed by atoms with Gasteiger partial charge in [0.25, 0.3) is 0 Å². The van der Waals surface area contributed by atoms with Crippen LogP contribution in [-0.2, 0) is 0 Å². The molecule has 0 bridgehead atoms. The van der Waals surface area contributed by atoms with Crippen LogP contribution in [0, 0.1) is 0 Å². The summed E-state index contributed by atoms with van der Waals surface area (Å²) in [6, 6.07) is 7.86. The van der Waals surface area contributed by atoms with Crippen LogP contribution < -0.4 is 0 Å². The molecule has 0 amide bonds. The van der Waals surface area contributed by atoms with E-state index in [1.807, 2.05) is 24.3 Å². The zero-order chi connectivity index (χ0) is 9.42. The number of carbonyl (C=O) groups excluding carboxylic acids is 1. The molecule has 1 aromatic rings. The maximum atomic E-state index is 11.8. The van der Waals surface area contributed by atoms with Crippen LogP contribution in [0.5, 0.6) is 0 Å². The van der Waals surface area contributed by atoms with Gasteiger partial charge in [0.2, 0.25) is 0 Å². The second kappa shape index (κ2) is 3.61. The molecule has 1 nitrogen and oxygen atoms in total. The van der Waals surface area contributed by atoms with E-state index in [-0.39, 0.29) is 9.71 Å². The van der Waals surface area contributed by atoms with Gasteiger partial charge in [-0.05, 0) is 6.07 Å². The van der Waals surface area contributed by atoms with Crippen molar-refractivity contribution in [3.05, 3.63) is 29.8 Å². The fraction of sp³-hybridized carbons (Fsp3) is 0.300. The third-order valence-corrected chi connectivity index (χ3v) is 5.51. The molecule has 0 aliphatic carbocycles. The van der Waals surface area contributed by atoms with Gasteiger partial charge >= 0.3 is 0 Å². The van der Waals surface area contributed by atoms with Gasteiger partial charge in [0.1, 0.15) is 0 Å². The van der Waals surface area contributed by atoms with Crippen LogP contribution in [0.4, 0.5) is 0 Å². The summed E-state index contributed by atoms with van der Waals surface area (Å²) < 4.78 is 0.123. The number of hydrogen-bond acceptors (Lipinski definition) is 2. The highest BCUT2D eigenvalue weighted by atomic mass is 127. The van der Waals surface area contributed by atoms with E-state index in [1.165, 1.54) is 0 Å². The Hall–Kier alpha value is -0.0300. The molecule has 0 N–H and O–H groups in total. The molecule has 68 valence electrons. The molecule has 2 atom stereocenters. The summed E-state index contributed by atoms with van der Waals surface area (Å²) in [7, 11) is 0. The number of rotatable bonds is 0. The third kappa shape index (κ3) is 1.64. The van der Waals surface area contributed by atoms with Gasteiger partial charge in [0.15, 0.2) is 5.78 Å². The SMILES string of the molecule is CC1Sc2ccccc2C(=O)C1I. The first kappa shape index (κ1) is 9.52. The normalized spacial score (nSPS) is 27.1. The molecule has 2 unspecified atom stereocenters. The second-order valence-electron chi connectivity index (χ2n) is 3.09. The number of hydrogen-bond donors (Lipinski definition) is 0. The van der Waals surface area contributed by atoms with Crippen molar-refractivity contribution in [3.8, 4) is 0 Å². The average Bonchev–Trinajstić information content (AvgIpc) is 2.15. The van der Waals surface area contributed by atoms with Gasteiger partial charge in [-0.15, -0.1) is 11.8 Å². The van der Waals surface area contributed by atoms with Gasteiger partial charge in [-0.3, -0.25) is 4.79 Å². The van der Waals surface area contributed by atoms with E-state index in [9.17, 15) is 4.79 Å². The van der Waals surface area contributed by atoms with Crippen LogP contribution in [0.1, 0.15) is 17.3 Å². The molecule has 13 heavy (non-hydrogen) atoms. The minimum atomic E-state index is 0.123. The number of benzene rings is 1. The number of carbonyl (C=O) groups is 1. The van der Waals surface area contributed by atoms with E-state index >= 15 is 0 Å². The first-order chi connectivity index (χ1) is 6.20. The molecule has 0 radical (unpaired) electrons. The lowest BCUT2D eigenvalue weighted by molar-refractivity contribution is 0.0989. The van der Waals surface area contributed by atoms with Gasteiger partial charge in [0.05, 0.1) is 3.92 Å². The van der Waals surface area contributed by atoms with Gasteiger partial charge < -0.3 is 0 Å². The summed E-state index contributed by atoms with van der Waals surface area (Å²) in [6.07, 6.45) is 0. The smallest absolute Gasteiger partial charge is 0.177 e. The molecule has 1 aliphatic heterocycles. The van der Waals surface area contributed by atoms with Crippen molar-refractivity contribution >= 4 is 40.1 Å². The summed E-state index contributed by atoms with van der Waals surface area (Å²) in [4.78, 5) is 12.9. The molecule has 0 saturated heterocycles.